The van der Waals surface area contributed by atoms with E-state index in [0.29, 0.717) is 18.1 Å². The van der Waals surface area contributed by atoms with E-state index in [1.807, 2.05) is 0 Å². The minimum atomic E-state index is 0.0494. The summed E-state index contributed by atoms with van der Waals surface area (Å²) in [5.74, 6) is 2.23. The van der Waals surface area contributed by atoms with Gasteiger partial charge in [0.15, 0.2) is 6.29 Å². The molecular formula is C20H28O2. The zero-order valence-corrected chi connectivity index (χ0v) is 13.6. The van der Waals surface area contributed by atoms with Gasteiger partial charge in [-0.1, -0.05) is 43.7 Å². The van der Waals surface area contributed by atoms with Gasteiger partial charge in [-0.25, -0.2) is 0 Å². The van der Waals surface area contributed by atoms with Gasteiger partial charge in [-0.3, -0.25) is 0 Å². The monoisotopic (exact) mass is 300 g/mol. The van der Waals surface area contributed by atoms with Crippen molar-refractivity contribution in [2.75, 3.05) is 0 Å². The maximum Gasteiger partial charge on any atom is 0.158 e. The van der Waals surface area contributed by atoms with E-state index in [2.05, 4.69) is 37.3 Å². The van der Waals surface area contributed by atoms with Crippen molar-refractivity contribution in [3.8, 4) is 0 Å². The normalized spacial score (nSPS) is 37.4. The molecular weight excluding hydrogens is 272 g/mol. The first kappa shape index (κ1) is 14.7. The summed E-state index contributed by atoms with van der Waals surface area (Å²) in [5, 5.41) is 0. The van der Waals surface area contributed by atoms with Gasteiger partial charge in [-0.2, -0.15) is 0 Å². The predicted octanol–water partition coefficient (Wildman–Crippen LogP) is 4.89. The van der Waals surface area contributed by atoms with Crippen LogP contribution in [0.2, 0.25) is 0 Å². The second-order valence-electron chi connectivity index (χ2n) is 7.48. The fraction of sp³-hybridized carbons (Fsp3) is 0.700. The van der Waals surface area contributed by atoms with Crippen LogP contribution in [-0.2, 0) is 9.47 Å². The lowest BCUT2D eigenvalue weighted by molar-refractivity contribution is -0.171. The molecule has 2 aliphatic carbocycles. The largest absolute Gasteiger partial charge is 0.349 e. The Balaban J connectivity index is 1.37. The first-order valence-corrected chi connectivity index (χ1v) is 9.19. The first-order valence-electron chi connectivity index (χ1n) is 9.19. The van der Waals surface area contributed by atoms with Gasteiger partial charge in [0.1, 0.15) is 0 Å². The molecule has 4 fully saturated rings. The zero-order chi connectivity index (χ0) is 14.9. The molecule has 2 heteroatoms. The van der Waals surface area contributed by atoms with E-state index in [-0.39, 0.29) is 6.29 Å². The molecule has 5 rings (SSSR count). The summed E-state index contributed by atoms with van der Waals surface area (Å²) in [4.78, 5) is 0. The molecule has 2 heterocycles. The molecule has 1 aromatic rings. The molecule has 1 aromatic carbocycles. The lowest BCUT2D eigenvalue weighted by Crippen LogP contribution is -2.23. The van der Waals surface area contributed by atoms with Gasteiger partial charge >= 0.3 is 0 Å². The van der Waals surface area contributed by atoms with Crippen LogP contribution in [0.15, 0.2) is 30.3 Å². The summed E-state index contributed by atoms with van der Waals surface area (Å²) in [7, 11) is 0. The van der Waals surface area contributed by atoms with E-state index in [1.54, 1.807) is 0 Å². The SMILES string of the molecule is CCCC(CCC1OC2CC3CC2CC3O1)c1ccccc1. The van der Waals surface area contributed by atoms with Crippen LogP contribution in [0.1, 0.15) is 63.4 Å². The van der Waals surface area contributed by atoms with E-state index >= 15 is 0 Å². The third-order valence-electron chi connectivity index (χ3n) is 6.04. The molecule has 2 nitrogen and oxygen atoms in total. The number of hydrogen-bond donors (Lipinski definition) is 0. The van der Waals surface area contributed by atoms with Gasteiger partial charge in [0, 0.05) is 0 Å². The summed E-state index contributed by atoms with van der Waals surface area (Å²) in [6, 6.07) is 11.0. The van der Waals surface area contributed by atoms with Gasteiger partial charge in [0.2, 0.25) is 0 Å². The summed E-state index contributed by atoms with van der Waals surface area (Å²) < 4.78 is 12.6. The highest BCUT2D eigenvalue weighted by molar-refractivity contribution is 5.19. The number of benzene rings is 1. The maximum absolute atomic E-state index is 6.30. The first-order chi connectivity index (χ1) is 10.8. The van der Waals surface area contributed by atoms with E-state index in [0.717, 1.165) is 18.3 Å². The molecule has 0 radical (unpaired) electrons. The van der Waals surface area contributed by atoms with Gasteiger partial charge in [-0.05, 0) is 61.8 Å². The van der Waals surface area contributed by atoms with Crippen molar-refractivity contribution in [3.05, 3.63) is 35.9 Å². The van der Waals surface area contributed by atoms with E-state index in [9.17, 15) is 0 Å². The standard InChI is InChI=1S/C20H28O2/c1-2-6-14(15-7-4-3-5-8-15)9-10-20-21-18-12-16-11-17(18)13-19(16)22-20/h3-5,7-8,14,16-20H,2,6,9-13H2,1H3. The van der Waals surface area contributed by atoms with Crippen molar-refractivity contribution >= 4 is 0 Å². The molecule has 2 aliphatic heterocycles. The third kappa shape index (κ3) is 2.83. The molecule has 2 saturated carbocycles. The molecule has 5 unspecified atom stereocenters. The summed E-state index contributed by atoms with van der Waals surface area (Å²) >= 11 is 0. The molecule has 5 atom stereocenters. The number of ether oxygens (including phenoxy) is 2. The van der Waals surface area contributed by atoms with Crippen molar-refractivity contribution in [2.24, 2.45) is 11.8 Å². The Labute approximate surface area is 134 Å². The van der Waals surface area contributed by atoms with Gasteiger partial charge in [-0.15, -0.1) is 0 Å². The summed E-state index contributed by atoms with van der Waals surface area (Å²) in [5.41, 5.74) is 1.48. The van der Waals surface area contributed by atoms with Gasteiger partial charge in [0.25, 0.3) is 0 Å². The molecule has 0 amide bonds. The minimum absolute atomic E-state index is 0.0494. The van der Waals surface area contributed by atoms with Gasteiger partial charge < -0.3 is 9.47 Å². The second kappa shape index (κ2) is 6.33. The Morgan fingerprint density at radius 1 is 0.955 bits per heavy atom. The molecule has 0 aromatic heterocycles. The molecule has 0 spiro atoms. The van der Waals surface area contributed by atoms with Crippen LogP contribution >= 0.6 is 0 Å². The minimum Gasteiger partial charge on any atom is -0.349 e. The van der Waals surface area contributed by atoms with Crippen molar-refractivity contribution in [2.45, 2.75) is 76.3 Å². The number of hydrogen-bond acceptors (Lipinski definition) is 2. The molecule has 4 bridgehead atoms. The second-order valence-corrected chi connectivity index (χ2v) is 7.48. The zero-order valence-electron chi connectivity index (χ0n) is 13.6. The van der Waals surface area contributed by atoms with Crippen LogP contribution in [0, 0.1) is 11.8 Å². The van der Waals surface area contributed by atoms with Crippen LogP contribution in [0.4, 0.5) is 0 Å². The quantitative estimate of drug-likeness (QED) is 0.744. The Morgan fingerprint density at radius 3 is 2.23 bits per heavy atom. The predicted molar refractivity (Wildman–Crippen MR) is 87.7 cm³/mol. The number of fused-ring (bicyclic) bond motifs is 2. The smallest absolute Gasteiger partial charge is 0.158 e. The summed E-state index contributed by atoms with van der Waals surface area (Å²) in [6.45, 7) is 2.28. The topological polar surface area (TPSA) is 18.5 Å². The lowest BCUT2D eigenvalue weighted by atomic mass is 9.90. The highest BCUT2D eigenvalue weighted by Gasteiger charge is 2.51. The molecule has 22 heavy (non-hydrogen) atoms. The van der Waals surface area contributed by atoms with Crippen LogP contribution in [0.5, 0.6) is 0 Å². The maximum atomic E-state index is 6.30. The van der Waals surface area contributed by atoms with Crippen molar-refractivity contribution in [1.82, 2.24) is 0 Å². The molecule has 4 aliphatic rings. The number of rotatable bonds is 6. The fourth-order valence-electron chi connectivity index (χ4n) is 4.95. The van der Waals surface area contributed by atoms with Gasteiger partial charge in [0.05, 0.1) is 12.2 Å². The van der Waals surface area contributed by atoms with E-state index in [1.165, 1.54) is 44.1 Å². The van der Waals surface area contributed by atoms with E-state index in [4.69, 9.17) is 9.47 Å². The Morgan fingerprint density at radius 2 is 1.64 bits per heavy atom. The highest BCUT2D eigenvalue weighted by Crippen LogP contribution is 2.51. The Kier molecular flexibility index (Phi) is 4.23. The third-order valence-corrected chi connectivity index (χ3v) is 6.04. The van der Waals surface area contributed by atoms with Crippen LogP contribution in [0.3, 0.4) is 0 Å². The van der Waals surface area contributed by atoms with Crippen molar-refractivity contribution < 1.29 is 9.47 Å². The van der Waals surface area contributed by atoms with Crippen LogP contribution in [0.25, 0.3) is 0 Å². The van der Waals surface area contributed by atoms with Crippen LogP contribution in [-0.4, -0.2) is 18.5 Å². The van der Waals surface area contributed by atoms with Crippen molar-refractivity contribution in [1.29, 1.82) is 0 Å². The highest BCUT2D eigenvalue weighted by atomic mass is 16.7. The summed E-state index contributed by atoms with van der Waals surface area (Å²) in [6.07, 6.45) is 9.62. The van der Waals surface area contributed by atoms with Crippen LogP contribution < -0.4 is 0 Å². The lowest BCUT2D eigenvalue weighted by Gasteiger charge is -2.24. The molecule has 2 saturated heterocycles. The Hall–Kier alpha value is -0.860. The van der Waals surface area contributed by atoms with E-state index < -0.39 is 0 Å². The molecule has 120 valence electrons. The van der Waals surface area contributed by atoms with Crippen molar-refractivity contribution in [3.63, 3.8) is 0 Å². The average molecular weight is 300 g/mol. The average Bonchev–Trinajstić information content (AvgIpc) is 3.01. The molecule has 0 N–H and O–H groups in total. The Bertz CT molecular complexity index is 468. The fourth-order valence-corrected chi connectivity index (χ4v) is 4.95.